The van der Waals surface area contributed by atoms with Gasteiger partial charge in [0.15, 0.2) is 29.5 Å². The number of carboxylic acid groups (broad SMARTS) is 1. The Kier molecular flexibility index (Phi) is 22.2. The minimum atomic E-state index is -2.49. The van der Waals surface area contributed by atoms with Gasteiger partial charge in [-0.1, -0.05) is 78.0 Å². The fourth-order valence-electron chi connectivity index (χ4n) is 7.52. The molecule has 0 aromatic heterocycles. The number of benzene rings is 1. The van der Waals surface area contributed by atoms with E-state index in [2.05, 4.69) is 0 Å². The molecule has 396 valence electrons. The molecule has 72 heavy (non-hydrogen) atoms. The fourth-order valence-corrected chi connectivity index (χ4v) is 7.52. The van der Waals surface area contributed by atoms with Crippen LogP contribution in [0.3, 0.4) is 0 Å². The van der Waals surface area contributed by atoms with Gasteiger partial charge in [0.05, 0.1) is 19.3 Å². The number of phenols is 2. The van der Waals surface area contributed by atoms with Crippen LogP contribution in [-0.2, 0) is 57.1 Å². The number of hydrogen-bond acceptors (Lipinski definition) is 21. The monoisotopic (exact) mass is 1020 g/mol. The second-order valence-electron chi connectivity index (χ2n) is 17.2. The highest BCUT2D eigenvalue weighted by atomic mass is 16.7. The molecule has 6 unspecified atom stereocenters. The summed E-state index contributed by atoms with van der Waals surface area (Å²) in [6.45, 7) is 5.48. The van der Waals surface area contributed by atoms with Crippen molar-refractivity contribution in [2.24, 2.45) is 0 Å². The first-order valence-electron chi connectivity index (χ1n) is 22.5. The number of esters is 3. The number of carbonyl (C=O) groups excluding carboxylic acids is 3. The van der Waals surface area contributed by atoms with E-state index in [0.717, 1.165) is 17.2 Å². The van der Waals surface area contributed by atoms with Crippen LogP contribution in [0.1, 0.15) is 46.1 Å². The van der Waals surface area contributed by atoms with E-state index in [9.17, 15) is 70.2 Å². The van der Waals surface area contributed by atoms with E-state index < -0.39 is 141 Å². The number of ether oxygens (including phenoxy) is 8. The van der Waals surface area contributed by atoms with Gasteiger partial charge in [-0.3, -0.25) is 0 Å². The molecule has 14 atom stereocenters. The van der Waals surface area contributed by atoms with Crippen molar-refractivity contribution >= 4 is 30.0 Å². The molecule has 3 fully saturated rings. The highest BCUT2D eigenvalue weighted by molar-refractivity contribution is 5.89. The van der Waals surface area contributed by atoms with E-state index in [4.69, 9.17) is 37.9 Å². The van der Waals surface area contributed by atoms with Gasteiger partial charge >= 0.3 is 23.9 Å². The number of aliphatic carboxylic acids is 1. The molecule has 1 aliphatic carbocycles. The molecule has 1 aromatic carbocycles. The van der Waals surface area contributed by atoms with Gasteiger partial charge in [-0.25, -0.2) is 19.2 Å². The van der Waals surface area contributed by atoms with Crippen molar-refractivity contribution in [2.45, 2.75) is 126 Å². The van der Waals surface area contributed by atoms with Crippen LogP contribution >= 0.6 is 0 Å². The van der Waals surface area contributed by atoms with Crippen molar-refractivity contribution in [3.63, 3.8) is 0 Å². The molecule has 2 heterocycles. The zero-order valence-electron chi connectivity index (χ0n) is 40.4. The quantitative estimate of drug-likeness (QED) is 0.0284. The molecule has 1 saturated carbocycles. The SMILES string of the molecule is COC1C(O)[C@H](OCC2O[C@@H](OC(=O)/C(C)=C/C=C/C(C)=C/C=C/C=C(C)/C=C/C=C(\C)C(=O)O[C@@H]3[C@H](O)C[C@@](O)(C(=O)O)C[C@H]3OC(=O)/C=C/c3ccc(O)c(O)c3)C(O)C(O)[C@@H]2O)OC(CO)[C@H]1OC. The van der Waals surface area contributed by atoms with Crippen LogP contribution in [0.4, 0.5) is 0 Å². The topological polar surface area (TPSA) is 344 Å². The van der Waals surface area contributed by atoms with Gasteiger partial charge in [-0.15, -0.1) is 0 Å². The first-order valence-corrected chi connectivity index (χ1v) is 22.5. The number of phenolic OH excluding ortho intramolecular Hbond substituents is 2. The molecular weight excluding hydrogens is 953 g/mol. The summed E-state index contributed by atoms with van der Waals surface area (Å²) in [5, 5.41) is 102. The first kappa shape index (κ1) is 58.7. The summed E-state index contributed by atoms with van der Waals surface area (Å²) in [5.74, 6) is -5.36. The van der Waals surface area contributed by atoms with E-state index in [1.165, 1.54) is 64.5 Å². The van der Waals surface area contributed by atoms with Crippen LogP contribution in [0.15, 0.2) is 107 Å². The Bertz CT molecular complexity index is 2290. The van der Waals surface area contributed by atoms with Crippen molar-refractivity contribution in [2.75, 3.05) is 27.4 Å². The Morgan fingerprint density at radius 2 is 1.25 bits per heavy atom. The van der Waals surface area contributed by atoms with Crippen LogP contribution in [0.5, 0.6) is 11.5 Å². The molecule has 0 radical (unpaired) electrons. The molecule has 2 saturated heterocycles. The van der Waals surface area contributed by atoms with Gasteiger partial charge in [-0.2, -0.15) is 0 Å². The number of carbonyl (C=O) groups is 4. The normalized spacial score (nSPS) is 32.2. The molecule has 0 amide bonds. The number of carboxylic acids is 1. The van der Waals surface area contributed by atoms with E-state index in [1.54, 1.807) is 62.5 Å². The predicted octanol–water partition coefficient (Wildman–Crippen LogP) is 0.834. The minimum absolute atomic E-state index is 0.0727. The maximum atomic E-state index is 13.1. The van der Waals surface area contributed by atoms with E-state index in [-0.39, 0.29) is 16.9 Å². The Morgan fingerprint density at radius 1 is 0.667 bits per heavy atom. The Labute approximate surface area is 414 Å². The standard InChI is InChI=1S/C50H64O22/c1-26(13-9-15-28(3)45(60)71-42-33(54)22-50(64,49(62)63)23-34(42)68-37(55)20-18-30-17-19-31(52)32(53)21-30)11-7-8-12-27(2)14-10-16-29(4)46(61)72-48-40(58)39(57)38(56)36(70-48)25-67-47-41(59)44(66-6)43(65-5)35(24-51)69-47/h7-21,33-36,38-44,47-48,51-54,56-59,64H,22-25H2,1-6H3,(H,62,63)/b8-7+,13-9+,14-10+,20-18+,26-11+,27-12+,28-15+,29-16+/t33-,34-,35?,36?,38-,39?,40?,41?,42-,43-,44?,47-,48+,50+/m1/s1. The number of aliphatic hydroxyl groups is 7. The third-order valence-corrected chi connectivity index (χ3v) is 11.7. The summed E-state index contributed by atoms with van der Waals surface area (Å²) in [4.78, 5) is 50.5. The van der Waals surface area contributed by atoms with Crippen molar-refractivity contribution in [1.82, 2.24) is 0 Å². The molecule has 0 spiro atoms. The summed E-state index contributed by atoms with van der Waals surface area (Å²) < 4.78 is 43.5. The summed E-state index contributed by atoms with van der Waals surface area (Å²) in [6, 6.07) is 3.74. The zero-order chi connectivity index (χ0) is 53.4. The highest BCUT2D eigenvalue weighted by Crippen LogP contribution is 2.34. The predicted molar refractivity (Wildman–Crippen MR) is 251 cm³/mol. The van der Waals surface area contributed by atoms with Gasteiger partial charge < -0.3 is 89.0 Å². The molecule has 1 aromatic rings. The van der Waals surface area contributed by atoms with Crippen molar-refractivity contribution in [3.05, 3.63) is 113 Å². The van der Waals surface area contributed by atoms with Gasteiger partial charge in [0.1, 0.15) is 54.9 Å². The highest BCUT2D eigenvalue weighted by Gasteiger charge is 2.53. The van der Waals surface area contributed by atoms with Gasteiger partial charge in [0, 0.05) is 44.3 Å². The van der Waals surface area contributed by atoms with E-state index >= 15 is 0 Å². The lowest BCUT2D eigenvalue weighted by Gasteiger charge is -2.44. The minimum Gasteiger partial charge on any atom is -0.504 e. The van der Waals surface area contributed by atoms with Crippen LogP contribution in [0.2, 0.25) is 0 Å². The molecular formula is C50H64O22. The smallest absolute Gasteiger partial charge is 0.336 e. The van der Waals surface area contributed by atoms with Crippen molar-refractivity contribution in [1.29, 1.82) is 0 Å². The Balaban J connectivity index is 1.28. The second-order valence-corrected chi connectivity index (χ2v) is 17.2. The Morgan fingerprint density at radius 3 is 1.81 bits per heavy atom. The lowest BCUT2D eigenvalue weighted by Crippen LogP contribution is -2.62. The number of allylic oxidation sites excluding steroid dienone is 12. The lowest BCUT2D eigenvalue weighted by molar-refractivity contribution is -0.330. The maximum Gasteiger partial charge on any atom is 0.336 e. The molecule has 0 bridgehead atoms. The largest absolute Gasteiger partial charge is 0.504 e. The lowest BCUT2D eigenvalue weighted by atomic mass is 9.79. The summed E-state index contributed by atoms with van der Waals surface area (Å²) in [7, 11) is 2.68. The average molecular weight is 1020 g/mol. The van der Waals surface area contributed by atoms with Crippen LogP contribution < -0.4 is 0 Å². The molecule has 2 aliphatic heterocycles. The fraction of sp³-hybridized carbons (Fsp3) is 0.480. The molecule has 22 nitrogen and oxygen atoms in total. The van der Waals surface area contributed by atoms with Gasteiger partial charge in [0.2, 0.25) is 6.29 Å². The van der Waals surface area contributed by atoms with Gasteiger partial charge in [-0.05, 0) is 51.5 Å². The van der Waals surface area contributed by atoms with Crippen molar-refractivity contribution in [3.8, 4) is 11.5 Å². The summed E-state index contributed by atoms with van der Waals surface area (Å²) in [6.07, 6.45) is -1.51. The third-order valence-electron chi connectivity index (χ3n) is 11.7. The maximum absolute atomic E-state index is 13.1. The van der Waals surface area contributed by atoms with Crippen LogP contribution in [-0.4, -0.2) is 188 Å². The number of hydrogen-bond donors (Lipinski definition) is 10. The second kappa shape index (κ2) is 27.3. The number of aromatic hydroxyl groups is 2. The van der Waals surface area contributed by atoms with E-state index in [1.807, 2.05) is 0 Å². The number of methoxy groups -OCH3 is 2. The number of rotatable bonds is 20. The van der Waals surface area contributed by atoms with E-state index in [0.29, 0.717) is 5.56 Å². The summed E-state index contributed by atoms with van der Waals surface area (Å²) in [5.41, 5.74) is -0.481. The molecule has 10 N–H and O–H groups in total. The molecule has 22 heteroatoms. The number of aliphatic hydroxyl groups excluding tert-OH is 6. The van der Waals surface area contributed by atoms with Crippen LogP contribution in [0, 0.1) is 0 Å². The zero-order valence-corrected chi connectivity index (χ0v) is 40.4. The molecule has 3 aliphatic rings. The van der Waals surface area contributed by atoms with Crippen molar-refractivity contribution < 1.29 is 108 Å². The first-order chi connectivity index (χ1) is 34.0. The van der Waals surface area contributed by atoms with Crippen LogP contribution in [0.25, 0.3) is 6.08 Å². The average Bonchev–Trinajstić information content (AvgIpc) is 3.33. The van der Waals surface area contributed by atoms with Gasteiger partial charge in [0.25, 0.3) is 0 Å². The Hall–Kier alpha value is -5.86. The molecule has 4 rings (SSSR count). The summed E-state index contributed by atoms with van der Waals surface area (Å²) >= 11 is 0. The third kappa shape index (κ3) is 16.1.